The van der Waals surface area contributed by atoms with E-state index in [0.717, 1.165) is 6.07 Å². The Labute approximate surface area is 227 Å². The summed E-state index contributed by atoms with van der Waals surface area (Å²) in [7, 11) is 0. The summed E-state index contributed by atoms with van der Waals surface area (Å²) < 4.78 is 73.7. The number of rotatable bonds is 13. The molecule has 0 aliphatic heterocycles. The molecule has 2 atom stereocenters. The number of nitrogens with one attached hydrogen (secondary N) is 2. The van der Waals surface area contributed by atoms with Gasteiger partial charge >= 0.3 is 5.97 Å². The number of benzene rings is 2. The minimum atomic E-state index is -1.91. The van der Waals surface area contributed by atoms with E-state index in [-0.39, 0.29) is 24.1 Å². The molecule has 206 valence electrons. The van der Waals surface area contributed by atoms with E-state index in [1.807, 2.05) is 22.6 Å². The quantitative estimate of drug-likeness (QED) is 0.129. The number of carbonyl (C=O) groups excluding carboxylic acids is 3. The van der Waals surface area contributed by atoms with Gasteiger partial charge in [0.2, 0.25) is 17.4 Å². The van der Waals surface area contributed by atoms with E-state index < -0.39 is 83.4 Å². The summed E-state index contributed by atoms with van der Waals surface area (Å²) in [6, 6.07) is 0.605. The van der Waals surface area contributed by atoms with Crippen molar-refractivity contribution >= 4 is 51.7 Å². The van der Waals surface area contributed by atoms with Gasteiger partial charge in [0.15, 0.2) is 23.2 Å². The minimum absolute atomic E-state index is 0.0654. The van der Waals surface area contributed by atoms with Gasteiger partial charge in [0, 0.05) is 9.64 Å². The lowest BCUT2D eigenvalue weighted by molar-refractivity contribution is -0.141. The van der Waals surface area contributed by atoms with Crippen molar-refractivity contribution in [3.63, 3.8) is 0 Å². The van der Waals surface area contributed by atoms with Gasteiger partial charge in [-0.2, -0.15) is 8.78 Å². The third-order valence-electron chi connectivity index (χ3n) is 5.03. The standard InChI is InChI=1S/C24H22F5IN2O6/c1-10(2)5-17(22(36)24(37)32-15-4-3-11(30)6-12(15)25)31-16(8-19(34)35)18(33)9-38-23-20(28)13(26)7-14(27)21(23)29/h3-4,6-7,10,16-17,31H,5,8-9H2,1-2H3,(H,32,37)(H,34,35). The molecule has 38 heavy (non-hydrogen) atoms. The molecular weight excluding hydrogens is 634 g/mol. The molecule has 14 heteroatoms. The Morgan fingerprint density at radius 3 is 2.08 bits per heavy atom. The molecule has 0 heterocycles. The molecule has 2 rings (SSSR count). The molecule has 0 spiro atoms. The molecule has 2 aromatic rings. The Kier molecular flexibility index (Phi) is 11.1. The lowest BCUT2D eigenvalue weighted by Gasteiger charge is -2.24. The van der Waals surface area contributed by atoms with Crippen LogP contribution in [-0.2, 0) is 19.2 Å². The maximum atomic E-state index is 14.1. The molecule has 0 fully saturated rings. The van der Waals surface area contributed by atoms with Gasteiger partial charge in [0.1, 0.15) is 12.4 Å². The maximum absolute atomic E-state index is 14.1. The Bertz CT molecular complexity index is 1220. The Morgan fingerprint density at radius 2 is 1.55 bits per heavy atom. The highest BCUT2D eigenvalue weighted by Crippen LogP contribution is 2.26. The van der Waals surface area contributed by atoms with Crippen LogP contribution < -0.4 is 15.4 Å². The average Bonchev–Trinajstić information content (AvgIpc) is 2.82. The van der Waals surface area contributed by atoms with Crippen LogP contribution in [0.1, 0.15) is 26.7 Å². The van der Waals surface area contributed by atoms with Crippen LogP contribution >= 0.6 is 22.6 Å². The van der Waals surface area contributed by atoms with E-state index in [1.54, 1.807) is 13.8 Å². The van der Waals surface area contributed by atoms with E-state index in [1.165, 1.54) is 12.1 Å². The molecular formula is C24H22F5IN2O6. The van der Waals surface area contributed by atoms with Crippen LogP contribution in [0, 0.1) is 38.6 Å². The first-order chi connectivity index (χ1) is 17.7. The van der Waals surface area contributed by atoms with Gasteiger partial charge in [-0.15, -0.1) is 0 Å². The topological polar surface area (TPSA) is 122 Å². The van der Waals surface area contributed by atoms with Crippen LogP contribution in [0.15, 0.2) is 24.3 Å². The molecule has 0 bridgehead atoms. The van der Waals surface area contributed by atoms with Gasteiger partial charge in [-0.1, -0.05) is 13.8 Å². The van der Waals surface area contributed by atoms with Crippen molar-refractivity contribution in [1.29, 1.82) is 0 Å². The lowest BCUT2D eigenvalue weighted by atomic mass is 9.97. The van der Waals surface area contributed by atoms with Gasteiger partial charge in [0.25, 0.3) is 5.91 Å². The number of aliphatic carboxylic acids is 1. The summed E-state index contributed by atoms with van der Waals surface area (Å²) in [4.78, 5) is 49.4. The number of anilines is 1. The molecule has 0 aliphatic carbocycles. The highest BCUT2D eigenvalue weighted by atomic mass is 127. The van der Waals surface area contributed by atoms with Crippen LogP contribution in [-0.4, -0.2) is 47.2 Å². The first kappa shape index (κ1) is 31.1. The molecule has 2 aromatic carbocycles. The Morgan fingerprint density at radius 1 is 0.947 bits per heavy atom. The van der Waals surface area contributed by atoms with Gasteiger partial charge in [-0.05, 0) is 53.1 Å². The fraction of sp³-hybridized carbons (Fsp3) is 0.333. The molecule has 0 radical (unpaired) electrons. The van der Waals surface area contributed by atoms with Crippen molar-refractivity contribution in [3.8, 4) is 5.75 Å². The van der Waals surface area contributed by atoms with Crippen molar-refractivity contribution < 1.29 is 51.0 Å². The van der Waals surface area contributed by atoms with E-state index in [0.29, 0.717) is 3.57 Å². The summed E-state index contributed by atoms with van der Waals surface area (Å²) in [5.74, 6) is -15.1. The number of halogens is 6. The predicted molar refractivity (Wildman–Crippen MR) is 132 cm³/mol. The second-order valence-corrected chi connectivity index (χ2v) is 9.74. The number of Topliss-reactive ketones (excluding diaryl/α,β-unsaturated/α-hetero) is 2. The van der Waals surface area contributed by atoms with Crippen molar-refractivity contribution in [3.05, 3.63) is 56.9 Å². The minimum Gasteiger partial charge on any atom is -0.481 e. The highest BCUT2D eigenvalue weighted by Gasteiger charge is 2.33. The van der Waals surface area contributed by atoms with Crippen LogP contribution in [0.4, 0.5) is 27.6 Å². The van der Waals surface area contributed by atoms with Crippen molar-refractivity contribution in [2.75, 3.05) is 11.9 Å². The van der Waals surface area contributed by atoms with E-state index in [9.17, 15) is 46.2 Å². The molecule has 0 aromatic heterocycles. The SMILES string of the molecule is CC(C)CC(NC(CC(=O)O)C(=O)COc1c(F)c(F)cc(F)c1F)C(=O)C(=O)Nc1ccc(I)cc1F. The fourth-order valence-electron chi connectivity index (χ4n) is 3.26. The van der Waals surface area contributed by atoms with Crippen molar-refractivity contribution in [2.24, 2.45) is 5.92 Å². The normalized spacial score (nSPS) is 12.7. The molecule has 0 aliphatic rings. The zero-order chi connectivity index (χ0) is 28.7. The Balaban J connectivity index is 2.23. The predicted octanol–water partition coefficient (Wildman–Crippen LogP) is 3.99. The van der Waals surface area contributed by atoms with Gasteiger partial charge < -0.3 is 15.2 Å². The van der Waals surface area contributed by atoms with Crippen LogP contribution in [0.3, 0.4) is 0 Å². The summed E-state index contributed by atoms with van der Waals surface area (Å²) >= 11 is 1.84. The number of hydrogen-bond acceptors (Lipinski definition) is 6. The average molecular weight is 656 g/mol. The largest absolute Gasteiger partial charge is 0.481 e. The highest BCUT2D eigenvalue weighted by molar-refractivity contribution is 14.1. The molecule has 0 saturated heterocycles. The van der Waals surface area contributed by atoms with Crippen LogP contribution in [0.2, 0.25) is 0 Å². The summed E-state index contributed by atoms with van der Waals surface area (Å²) in [5.41, 5.74) is -0.287. The van der Waals surface area contributed by atoms with Gasteiger partial charge in [-0.25, -0.2) is 13.2 Å². The van der Waals surface area contributed by atoms with Crippen LogP contribution in [0.25, 0.3) is 0 Å². The van der Waals surface area contributed by atoms with E-state index in [2.05, 4.69) is 15.4 Å². The smallest absolute Gasteiger partial charge is 0.305 e. The first-order valence-electron chi connectivity index (χ1n) is 11.0. The van der Waals surface area contributed by atoms with Crippen LogP contribution in [0.5, 0.6) is 5.75 Å². The molecule has 2 unspecified atom stereocenters. The van der Waals surface area contributed by atoms with Crippen molar-refractivity contribution in [2.45, 2.75) is 38.8 Å². The number of amides is 1. The first-order valence-corrected chi connectivity index (χ1v) is 12.1. The number of ketones is 2. The second-order valence-electron chi connectivity index (χ2n) is 8.49. The monoisotopic (exact) mass is 656 g/mol. The zero-order valence-corrected chi connectivity index (χ0v) is 22.1. The fourth-order valence-corrected chi connectivity index (χ4v) is 3.71. The van der Waals surface area contributed by atoms with E-state index in [4.69, 9.17) is 0 Å². The molecule has 3 N–H and O–H groups in total. The number of carbonyl (C=O) groups is 4. The number of hydrogen-bond donors (Lipinski definition) is 3. The molecule has 8 nitrogen and oxygen atoms in total. The number of carboxylic acids is 1. The summed E-state index contributed by atoms with van der Waals surface area (Å²) in [6.45, 7) is 2.10. The van der Waals surface area contributed by atoms with Gasteiger partial charge in [0.05, 0.1) is 24.2 Å². The number of ether oxygens (including phenoxy) is 1. The zero-order valence-electron chi connectivity index (χ0n) is 19.9. The summed E-state index contributed by atoms with van der Waals surface area (Å²) in [5, 5.41) is 13.8. The third kappa shape index (κ3) is 8.44. The number of carboxylic acid groups (broad SMARTS) is 1. The lowest BCUT2D eigenvalue weighted by Crippen LogP contribution is -2.52. The van der Waals surface area contributed by atoms with Crippen molar-refractivity contribution in [1.82, 2.24) is 5.32 Å². The van der Waals surface area contributed by atoms with E-state index >= 15 is 0 Å². The Hall–Kier alpha value is -3.14. The maximum Gasteiger partial charge on any atom is 0.305 e. The molecule has 1 amide bonds. The second kappa shape index (κ2) is 13.6. The third-order valence-corrected chi connectivity index (χ3v) is 5.70. The molecule has 0 saturated carbocycles. The van der Waals surface area contributed by atoms with Gasteiger partial charge in [-0.3, -0.25) is 24.5 Å². The summed E-state index contributed by atoms with van der Waals surface area (Å²) in [6.07, 6.45) is -1.01.